The minimum atomic E-state index is -0.556. The van der Waals surface area contributed by atoms with Crippen molar-refractivity contribution in [2.45, 2.75) is 32.0 Å². The van der Waals surface area contributed by atoms with Crippen LogP contribution in [0.1, 0.15) is 35.1 Å². The van der Waals surface area contributed by atoms with Gasteiger partial charge >= 0.3 is 0 Å². The van der Waals surface area contributed by atoms with Crippen LogP contribution in [0.2, 0.25) is 0 Å². The summed E-state index contributed by atoms with van der Waals surface area (Å²) in [4.78, 5) is 27.4. The molecular formula is C59H61F2N15O. The van der Waals surface area contributed by atoms with Crippen LogP contribution in [0, 0.1) is 45.6 Å². The van der Waals surface area contributed by atoms with Gasteiger partial charge in [0.25, 0.3) is 0 Å². The average Bonchev–Trinajstić information content (AvgIpc) is 3.94. The Kier molecular flexibility index (Phi) is 14.9. The Morgan fingerprint density at radius 3 is 2.03 bits per heavy atom. The maximum atomic E-state index is 16.0. The van der Waals surface area contributed by atoms with Gasteiger partial charge in [0, 0.05) is 163 Å². The maximum absolute atomic E-state index is 16.0. The van der Waals surface area contributed by atoms with Crippen molar-refractivity contribution in [2.24, 2.45) is 11.0 Å². The van der Waals surface area contributed by atoms with E-state index >= 15 is 8.78 Å². The molecule has 77 heavy (non-hydrogen) atoms. The predicted molar refractivity (Wildman–Crippen MR) is 296 cm³/mol. The number of fused-ring (bicyclic) bond motifs is 1. The third kappa shape index (κ3) is 10.9. The van der Waals surface area contributed by atoms with Gasteiger partial charge in [-0.3, -0.25) is 14.8 Å². The molecule has 0 aliphatic carbocycles. The number of nitrogens with one attached hydrogen (secondary N) is 2. The summed E-state index contributed by atoms with van der Waals surface area (Å²) in [7, 11) is 3.72. The number of pyridine rings is 3. The molecule has 2 atom stereocenters. The highest BCUT2D eigenvalue weighted by Gasteiger charge is 2.37. The molecule has 0 bridgehead atoms. The normalized spacial score (nSPS) is 21.8. The largest absolute Gasteiger partial charge is 0.481 e. The van der Waals surface area contributed by atoms with Gasteiger partial charge in [-0.15, -0.1) is 0 Å². The Balaban J connectivity index is 0.704. The third-order valence-electron chi connectivity index (χ3n) is 15.7. The van der Waals surface area contributed by atoms with Crippen molar-refractivity contribution >= 4 is 40.9 Å². The van der Waals surface area contributed by atoms with Crippen LogP contribution in [0.4, 0.5) is 26.1 Å². The van der Waals surface area contributed by atoms with Gasteiger partial charge in [0.1, 0.15) is 35.3 Å². The number of ether oxygens (including phenoxy) is 1. The van der Waals surface area contributed by atoms with E-state index in [1.165, 1.54) is 17.7 Å². The lowest BCUT2D eigenvalue weighted by Gasteiger charge is -2.36. The summed E-state index contributed by atoms with van der Waals surface area (Å²) in [6.45, 7) is 9.86. The first-order chi connectivity index (χ1) is 37.6. The van der Waals surface area contributed by atoms with Gasteiger partial charge in [0.2, 0.25) is 5.88 Å². The average molecular weight is 1030 g/mol. The van der Waals surface area contributed by atoms with Crippen LogP contribution in [-0.2, 0) is 13.1 Å². The number of piperazine rings is 2. The van der Waals surface area contributed by atoms with Gasteiger partial charge in [0.05, 0.1) is 30.5 Å². The van der Waals surface area contributed by atoms with Crippen molar-refractivity contribution in [1.29, 1.82) is 15.9 Å². The number of hydrogen-bond donors (Lipinski definition) is 2. The number of benzene rings is 1. The van der Waals surface area contributed by atoms with Crippen molar-refractivity contribution in [3.8, 4) is 18.0 Å². The van der Waals surface area contributed by atoms with Crippen molar-refractivity contribution in [3.05, 3.63) is 171 Å². The Bertz CT molecular complexity index is 3220. The Labute approximate surface area is 448 Å². The second kappa shape index (κ2) is 22.5. The number of nitrogens with zero attached hydrogens (tertiary/aromatic N) is 13. The van der Waals surface area contributed by atoms with Crippen LogP contribution < -0.4 is 24.8 Å². The number of aromatic nitrogens is 3. The fourth-order valence-corrected chi connectivity index (χ4v) is 11.2. The summed E-state index contributed by atoms with van der Waals surface area (Å²) in [5, 5.41) is 37.6. The molecule has 11 rings (SSSR count). The van der Waals surface area contributed by atoms with Crippen LogP contribution in [0.5, 0.6) is 5.88 Å². The molecule has 7 aliphatic heterocycles. The van der Waals surface area contributed by atoms with E-state index in [0.29, 0.717) is 63.0 Å². The standard InChI is InChI=1S/C59H61F2N15O/c1-70-13-9-41(10-14-70)45-25-50(58(68-35-45)47(29-62)30-63)43-4-6-55(65-33-43)75-23-19-72(20-24-75)39-52-53(60)27-49(28-54(52)61)73-15-11-42(12-16-73)46-26-51(59-48(31-64)36-69-76(59)38-46)44-5-7-56(66-34-44)74-21-17-71(18-22-74)37-40-3-8-57(77-2)67-32-40/h3-9,11,25-29,32-36,38,48,59,62,68H,10,12-24,37,39H2,1-2H3/b58-47+,62-29?. The Hall–Kier alpha value is -8.29. The molecule has 18 heteroatoms. The molecule has 7 aliphatic rings. The van der Waals surface area contributed by atoms with Crippen molar-refractivity contribution in [1.82, 2.24) is 40.0 Å². The Morgan fingerprint density at radius 2 is 1.44 bits per heavy atom. The van der Waals surface area contributed by atoms with E-state index in [1.807, 2.05) is 52.9 Å². The van der Waals surface area contributed by atoms with Gasteiger partial charge in [-0.05, 0) is 107 Å². The summed E-state index contributed by atoms with van der Waals surface area (Å²) in [5.74, 6) is 0.793. The van der Waals surface area contributed by atoms with E-state index in [1.54, 1.807) is 19.5 Å². The van der Waals surface area contributed by atoms with Crippen molar-refractivity contribution < 1.29 is 13.5 Å². The van der Waals surface area contributed by atoms with E-state index in [-0.39, 0.29) is 23.7 Å². The molecule has 4 aromatic rings. The summed E-state index contributed by atoms with van der Waals surface area (Å²) >= 11 is 0. The summed E-state index contributed by atoms with van der Waals surface area (Å²) in [5.41, 5.74) is 10.4. The highest BCUT2D eigenvalue weighted by atomic mass is 19.1. The van der Waals surface area contributed by atoms with Crippen LogP contribution in [-0.4, -0.2) is 146 Å². The number of hydrogen-bond acceptors (Lipinski definition) is 16. The molecule has 2 saturated heterocycles. The molecule has 0 amide bonds. The van der Waals surface area contributed by atoms with Crippen LogP contribution in [0.15, 0.2) is 142 Å². The number of halogens is 2. The number of hydrazone groups is 1. The van der Waals surface area contributed by atoms with E-state index in [9.17, 15) is 10.5 Å². The maximum Gasteiger partial charge on any atom is 0.212 e. The van der Waals surface area contributed by atoms with Gasteiger partial charge in [-0.1, -0.05) is 18.2 Å². The molecule has 16 nitrogen and oxygen atoms in total. The van der Waals surface area contributed by atoms with E-state index in [2.05, 4.69) is 102 Å². The minimum absolute atomic E-state index is 0.0625. The van der Waals surface area contributed by atoms with E-state index in [0.717, 1.165) is 115 Å². The number of nitriles is 2. The molecule has 392 valence electrons. The van der Waals surface area contributed by atoms with Gasteiger partial charge in [0.15, 0.2) is 0 Å². The lowest BCUT2D eigenvalue weighted by molar-refractivity contribution is 0.242. The Morgan fingerprint density at radius 1 is 0.766 bits per heavy atom. The lowest BCUT2D eigenvalue weighted by atomic mass is 9.85. The fourth-order valence-electron chi connectivity index (χ4n) is 11.2. The predicted octanol–water partition coefficient (Wildman–Crippen LogP) is 7.29. The smallest absolute Gasteiger partial charge is 0.212 e. The fraction of sp³-hybridized carbons (Fsp3) is 0.339. The molecule has 1 aromatic carbocycles. The number of anilines is 3. The van der Waals surface area contributed by atoms with E-state index < -0.39 is 17.6 Å². The lowest BCUT2D eigenvalue weighted by Crippen LogP contribution is -2.46. The van der Waals surface area contributed by atoms with Crippen LogP contribution in [0.3, 0.4) is 0 Å². The zero-order chi connectivity index (χ0) is 53.0. The molecule has 0 radical (unpaired) electrons. The molecule has 2 fully saturated rings. The van der Waals surface area contributed by atoms with Gasteiger partial charge < -0.3 is 35.1 Å². The summed E-state index contributed by atoms with van der Waals surface area (Å²) in [6.07, 6.45) is 22.4. The summed E-state index contributed by atoms with van der Waals surface area (Å²) in [6, 6.07) is 19.3. The third-order valence-corrected chi connectivity index (χ3v) is 15.7. The summed E-state index contributed by atoms with van der Waals surface area (Å²) < 4.78 is 37.1. The molecule has 0 spiro atoms. The number of methoxy groups -OCH3 is 1. The number of allylic oxidation sites excluding steroid dienone is 6. The second-order valence-electron chi connectivity index (χ2n) is 20.4. The van der Waals surface area contributed by atoms with Crippen LogP contribution >= 0.6 is 0 Å². The minimum Gasteiger partial charge on any atom is -0.481 e. The topological polar surface area (TPSA) is 166 Å². The first-order valence-corrected chi connectivity index (χ1v) is 26.3. The molecular weight excluding hydrogens is 973 g/mol. The van der Waals surface area contributed by atoms with Crippen molar-refractivity contribution in [3.63, 3.8) is 0 Å². The van der Waals surface area contributed by atoms with Crippen LogP contribution in [0.25, 0.3) is 11.1 Å². The number of rotatable bonds is 13. The first kappa shape index (κ1) is 50.8. The SMILES string of the molecule is COc1ccc(CN2CCN(c3ccc(C4=CC(C5=CCN(c6cc(F)c(CN7CCN(c8ccc(C9=CC(C%10=CCN(C)CC%10)=CN/C9=C(/C#N)C=N)cn8)CC7)c(F)c6)CC5)=CN5N=CC(C#N)C45)cn3)CC2)cn1. The number of likely N-dealkylation sites (N-methyl/N-ethyl adjacent to an activating group) is 1. The molecule has 3 aromatic heterocycles. The van der Waals surface area contributed by atoms with E-state index in [4.69, 9.17) is 20.1 Å². The quantitative estimate of drug-likeness (QED) is 0.101. The first-order valence-electron chi connectivity index (χ1n) is 26.3. The highest BCUT2D eigenvalue weighted by Crippen LogP contribution is 2.40. The monoisotopic (exact) mass is 1030 g/mol. The number of dihydropyridines is 1. The zero-order valence-corrected chi connectivity index (χ0v) is 43.4. The molecule has 0 saturated carbocycles. The molecule has 2 unspecified atom stereocenters. The zero-order valence-electron chi connectivity index (χ0n) is 43.4. The van der Waals surface area contributed by atoms with Gasteiger partial charge in [-0.2, -0.15) is 15.6 Å². The van der Waals surface area contributed by atoms with Gasteiger partial charge in [-0.25, -0.2) is 23.7 Å². The second-order valence-corrected chi connectivity index (χ2v) is 20.4. The van der Waals surface area contributed by atoms with Crippen molar-refractivity contribution in [2.75, 3.05) is 107 Å². The molecule has 10 heterocycles. The molecule has 2 N–H and O–H groups in total. The highest BCUT2D eigenvalue weighted by molar-refractivity contribution is 5.93.